The number of nitriles is 1. The normalized spacial score (nSPS) is 23.4. The summed E-state index contributed by atoms with van der Waals surface area (Å²) in [6.07, 6.45) is 4.21. The van der Waals surface area contributed by atoms with Crippen molar-refractivity contribution in [2.75, 3.05) is 29.5 Å². The number of nitrogens with zero attached hydrogens (tertiary/aromatic N) is 5. The summed E-state index contributed by atoms with van der Waals surface area (Å²) >= 11 is 0. The lowest BCUT2D eigenvalue weighted by molar-refractivity contribution is -0.133. The monoisotopic (exact) mass is 564 g/mol. The Labute approximate surface area is 233 Å². The van der Waals surface area contributed by atoms with Crippen molar-refractivity contribution in [1.82, 2.24) is 14.8 Å². The van der Waals surface area contributed by atoms with Crippen LogP contribution in [0.1, 0.15) is 49.9 Å². The lowest BCUT2D eigenvalue weighted by Gasteiger charge is -2.43. The number of aromatic nitrogens is 3. The molecule has 1 saturated heterocycles. The maximum atomic E-state index is 14.9. The van der Waals surface area contributed by atoms with Crippen molar-refractivity contribution in [3.63, 3.8) is 0 Å². The number of rotatable bonds is 6. The second-order valence-electron chi connectivity index (χ2n) is 10.8. The van der Waals surface area contributed by atoms with Crippen LogP contribution in [0.25, 0.3) is 16.9 Å². The Kier molecular flexibility index (Phi) is 7.40. The molecule has 1 aromatic carbocycles. The zero-order chi connectivity index (χ0) is 28.7. The Balaban J connectivity index is 1.66. The van der Waals surface area contributed by atoms with Crippen LogP contribution in [0.5, 0.6) is 0 Å². The smallest absolute Gasteiger partial charge is 0.225 e. The summed E-state index contributed by atoms with van der Waals surface area (Å²) in [6, 6.07) is 12.9. The highest BCUT2D eigenvalue weighted by molar-refractivity contribution is 7.91. The number of anilines is 1. The van der Waals surface area contributed by atoms with Gasteiger partial charge in [0, 0.05) is 36.5 Å². The Morgan fingerprint density at radius 2 is 1.90 bits per heavy atom. The third kappa shape index (κ3) is 4.74. The molecule has 5 rings (SSSR count). The lowest BCUT2D eigenvalue weighted by atomic mass is 9.58. The molecule has 9 nitrogen and oxygen atoms in total. The van der Waals surface area contributed by atoms with Crippen molar-refractivity contribution in [3.05, 3.63) is 59.8 Å². The molecule has 2 N–H and O–H groups in total. The van der Waals surface area contributed by atoms with Crippen LogP contribution >= 0.6 is 0 Å². The topological polar surface area (TPSA) is 135 Å². The number of amides is 1. The van der Waals surface area contributed by atoms with Gasteiger partial charge in [-0.15, -0.1) is 0 Å². The third-order valence-corrected chi connectivity index (χ3v) is 10.3. The predicted octanol–water partition coefficient (Wildman–Crippen LogP) is 3.91. The SMILES string of the molecule is Cc1c(-c2ccc(N3CCS(=O)(=O)CC3)cc2)c(C2CCCCC2(C(N)=O)[C@H](C)C#N)nn1-c1ncccc1F. The van der Waals surface area contributed by atoms with Gasteiger partial charge in [0.25, 0.3) is 0 Å². The molecule has 1 aliphatic carbocycles. The molecule has 0 bridgehead atoms. The molecular weight excluding hydrogens is 531 g/mol. The number of nitrogens with two attached hydrogens (primary N) is 1. The molecule has 3 heterocycles. The highest BCUT2D eigenvalue weighted by atomic mass is 32.2. The fourth-order valence-corrected chi connectivity index (χ4v) is 7.60. The number of benzene rings is 1. The number of sulfone groups is 1. The minimum Gasteiger partial charge on any atom is -0.369 e. The molecule has 0 radical (unpaired) electrons. The molecule has 2 aromatic heterocycles. The molecular formula is C29H33FN6O3S. The standard InChI is InChI=1S/C29H33FN6O3S/c1-19(18-31)29(28(32)37)12-4-3-6-23(29)26-25(20(2)36(34-26)27-24(30)7-5-13-33-27)21-8-10-22(11-9-21)35-14-16-40(38,39)17-15-35/h5,7-11,13,19,23H,3-4,6,12,14-17H2,1-2H3,(H2,32,37)/t19-,23?,29?/m1/s1. The summed E-state index contributed by atoms with van der Waals surface area (Å²) in [6.45, 7) is 4.43. The van der Waals surface area contributed by atoms with E-state index in [2.05, 4.69) is 11.1 Å². The van der Waals surface area contributed by atoms with Crippen molar-refractivity contribution in [2.45, 2.75) is 45.4 Å². The van der Waals surface area contributed by atoms with Gasteiger partial charge in [-0.3, -0.25) is 4.79 Å². The van der Waals surface area contributed by atoms with Gasteiger partial charge in [0.1, 0.15) is 0 Å². The zero-order valence-electron chi connectivity index (χ0n) is 22.7. The zero-order valence-corrected chi connectivity index (χ0v) is 23.5. The van der Waals surface area contributed by atoms with Crippen LogP contribution < -0.4 is 10.6 Å². The summed E-state index contributed by atoms with van der Waals surface area (Å²) in [7, 11) is -3.00. The summed E-state index contributed by atoms with van der Waals surface area (Å²) in [4.78, 5) is 19.4. The van der Waals surface area contributed by atoms with Gasteiger partial charge in [-0.05, 0) is 56.5 Å². The van der Waals surface area contributed by atoms with E-state index in [1.54, 1.807) is 6.92 Å². The second kappa shape index (κ2) is 10.7. The van der Waals surface area contributed by atoms with Crippen molar-refractivity contribution >= 4 is 21.4 Å². The van der Waals surface area contributed by atoms with Crippen LogP contribution in [0.15, 0.2) is 42.6 Å². The van der Waals surface area contributed by atoms with E-state index in [0.29, 0.717) is 37.3 Å². The Bertz CT molecular complexity index is 1570. The Hall–Kier alpha value is -3.78. The van der Waals surface area contributed by atoms with Gasteiger partial charge in [0.15, 0.2) is 21.5 Å². The second-order valence-corrected chi connectivity index (χ2v) is 13.1. The highest BCUT2D eigenvalue weighted by Crippen LogP contribution is 2.53. The number of pyridine rings is 1. The number of carbonyl (C=O) groups is 1. The number of carbonyl (C=O) groups excluding carboxylic acids is 1. The number of halogens is 1. The summed E-state index contributed by atoms with van der Waals surface area (Å²) in [5.74, 6) is -1.85. The van der Waals surface area contributed by atoms with Crippen LogP contribution in [0.2, 0.25) is 0 Å². The highest BCUT2D eigenvalue weighted by Gasteiger charge is 2.52. The van der Waals surface area contributed by atoms with E-state index >= 15 is 0 Å². The van der Waals surface area contributed by atoms with Crippen LogP contribution in [0.3, 0.4) is 0 Å². The molecule has 2 aliphatic rings. The van der Waals surface area contributed by atoms with Gasteiger partial charge < -0.3 is 10.6 Å². The van der Waals surface area contributed by atoms with Gasteiger partial charge in [-0.1, -0.05) is 25.0 Å². The molecule has 210 valence electrons. The van der Waals surface area contributed by atoms with E-state index < -0.39 is 38.8 Å². The first-order chi connectivity index (χ1) is 19.1. The van der Waals surface area contributed by atoms with Gasteiger partial charge in [-0.25, -0.2) is 22.5 Å². The molecule has 1 saturated carbocycles. The maximum absolute atomic E-state index is 14.9. The van der Waals surface area contributed by atoms with Crippen LogP contribution in [0.4, 0.5) is 10.1 Å². The predicted molar refractivity (Wildman–Crippen MR) is 150 cm³/mol. The van der Waals surface area contributed by atoms with E-state index in [9.17, 15) is 22.9 Å². The molecule has 3 atom stereocenters. The van der Waals surface area contributed by atoms with Gasteiger partial charge in [-0.2, -0.15) is 10.4 Å². The number of primary amides is 1. The first-order valence-corrected chi connectivity index (χ1v) is 15.4. The Morgan fingerprint density at radius 3 is 2.52 bits per heavy atom. The van der Waals surface area contributed by atoms with Gasteiger partial charge in [0.05, 0.1) is 40.3 Å². The van der Waals surface area contributed by atoms with Gasteiger partial charge in [0.2, 0.25) is 5.91 Å². The number of hydrogen-bond acceptors (Lipinski definition) is 7. The molecule has 40 heavy (non-hydrogen) atoms. The largest absolute Gasteiger partial charge is 0.369 e. The number of hydrogen-bond donors (Lipinski definition) is 1. The van der Waals surface area contributed by atoms with Crippen molar-refractivity contribution < 1.29 is 17.6 Å². The summed E-state index contributed by atoms with van der Waals surface area (Å²) in [5, 5.41) is 14.8. The molecule has 0 spiro atoms. The maximum Gasteiger partial charge on any atom is 0.225 e. The molecule has 1 amide bonds. The molecule has 1 aliphatic heterocycles. The fourth-order valence-electron chi connectivity index (χ4n) is 6.39. The molecule has 2 fully saturated rings. The molecule has 11 heteroatoms. The molecule has 3 aromatic rings. The minimum atomic E-state index is -3.00. The average Bonchev–Trinajstić information content (AvgIpc) is 3.29. The fraction of sp³-hybridized carbons (Fsp3) is 0.448. The van der Waals surface area contributed by atoms with E-state index in [1.807, 2.05) is 36.1 Å². The third-order valence-electron chi connectivity index (χ3n) is 8.66. The van der Waals surface area contributed by atoms with Gasteiger partial charge >= 0.3 is 0 Å². The average molecular weight is 565 g/mol. The van der Waals surface area contributed by atoms with Crippen molar-refractivity contribution in [3.8, 4) is 23.0 Å². The van der Waals surface area contributed by atoms with E-state index in [-0.39, 0.29) is 17.3 Å². The van der Waals surface area contributed by atoms with E-state index in [4.69, 9.17) is 10.8 Å². The van der Waals surface area contributed by atoms with E-state index in [1.165, 1.54) is 23.0 Å². The van der Waals surface area contributed by atoms with Crippen molar-refractivity contribution in [1.29, 1.82) is 5.26 Å². The first-order valence-electron chi connectivity index (χ1n) is 13.5. The van der Waals surface area contributed by atoms with Crippen LogP contribution in [0, 0.1) is 35.4 Å². The lowest BCUT2D eigenvalue weighted by Crippen LogP contribution is -2.48. The summed E-state index contributed by atoms with van der Waals surface area (Å²) in [5.41, 5.74) is 8.66. The van der Waals surface area contributed by atoms with Crippen molar-refractivity contribution in [2.24, 2.45) is 17.1 Å². The van der Waals surface area contributed by atoms with E-state index in [0.717, 1.165) is 29.7 Å². The first kappa shape index (κ1) is 27.8. The Morgan fingerprint density at radius 1 is 1.20 bits per heavy atom. The summed E-state index contributed by atoms with van der Waals surface area (Å²) < 4.78 is 40.2. The quantitative estimate of drug-likeness (QED) is 0.480. The molecule has 2 unspecified atom stereocenters. The minimum absolute atomic E-state index is 0.0486. The van der Waals surface area contributed by atoms with Crippen LogP contribution in [-0.4, -0.2) is 53.7 Å². The van der Waals surface area contributed by atoms with Crippen LogP contribution in [-0.2, 0) is 14.6 Å².